The van der Waals surface area contributed by atoms with Gasteiger partial charge in [0.15, 0.2) is 0 Å². The number of rotatable bonds is 3. The summed E-state index contributed by atoms with van der Waals surface area (Å²) in [5.41, 5.74) is -0.853. The third-order valence-corrected chi connectivity index (χ3v) is 4.26. The molecular weight excluding hydrogens is 322 g/mol. The largest absolute Gasteiger partial charge is 0.507 e. The molecule has 2 unspecified atom stereocenters. The summed E-state index contributed by atoms with van der Waals surface area (Å²) in [5.74, 6) is -3.46. The fourth-order valence-corrected chi connectivity index (χ4v) is 2.78. The van der Waals surface area contributed by atoms with Crippen LogP contribution in [0.15, 0.2) is 12.1 Å². The predicted octanol–water partition coefficient (Wildman–Crippen LogP) is -0.887. The molecule has 1 aromatic carbocycles. The van der Waals surface area contributed by atoms with Crippen LogP contribution in [-0.4, -0.2) is 78.8 Å². The number of phenols is 2. The summed E-state index contributed by atoms with van der Waals surface area (Å²) in [7, 11) is 1.38. The molecule has 9 nitrogen and oxygen atoms in total. The molecule has 1 aliphatic rings. The molecule has 1 saturated carbocycles. The zero-order chi connectivity index (χ0) is 18.2. The third kappa shape index (κ3) is 3.28. The molecule has 0 saturated heterocycles. The molecule has 0 spiro atoms. The quantitative estimate of drug-likeness (QED) is 0.386. The molecule has 6 N–H and O–H groups in total. The van der Waals surface area contributed by atoms with Crippen LogP contribution < -0.4 is 0 Å². The molecule has 0 heterocycles. The van der Waals surface area contributed by atoms with Crippen LogP contribution in [0.5, 0.6) is 11.5 Å². The molecule has 2 atom stereocenters. The van der Waals surface area contributed by atoms with Crippen LogP contribution in [0.2, 0.25) is 0 Å². The SMILES string of the molecule is CN(C(=O)c1cc(O)c(C(=O)O)cc1O)C1CC(O)C(O)C(O)C1. The topological polar surface area (TPSA) is 159 Å². The van der Waals surface area contributed by atoms with E-state index in [9.17, 15) is 35.1 Å². The Morgan fingerprint density at radius 2 is 1.46 bits per heavy atom. The first-order valence-corrected chi connectivity index (χ1v) is 7.24. The Kier molecular flexibility index (Phi) is 4.97. The van der Waals surface area contributed by atoms with E-state index in [1.54, 1.807) is 0 Å². The van der Waals surface area contributed by atoms with Gasteiger partial charge in [0.25, 0.3) is 5.91 Å². The number of aliphatic hydroxyl groups is 3. The van der Waals surface area contributed by atoms with Crippen LogP contribution in [0.3, 0.4) is 0 Å². The second-order valence-electron chi connectivity index (χ2n) is 5.86. The minimum Gasteiger partial charge on any atom is -0.507 e. The van der Waals surface area contributed by atoms with Gasteiger partial charge < -0.3 is 35.5 Å². The van der Waals surface area contributed by atoms with E-state index in [0.29, 0.717) is 0 Å². The molecular formula is C15H19NO8. The highest BCUT2D eigenvalue weighted by atomic mass is 16.4. The average Bonchev–Trinajstić information content (AvgIpc) is 2.52. The zero-order valence-corrected chi connectivity index (χ0v) is 12.8. The van der Waals surface area contributed by atoms with Crippen LogP contribution in [-0.2, 0) is 0 Å². The molecule has 1 aliphatic carbocycles. The number of carbonyl (C=O) groups excluding carboxylic acids is 1. The average molecular weight is 341 g/mol. The van der Waals surface area contributed by atoms with Gasteiger partial charge in [-0.25, -0.2) is 4.79 Å². The van der Waals surface area contributed by atoms with Crippen LogP contribution in [0.4, 0.5) is 0 Å². The van der Waals surface area contributed by atoms with Gasteiger partial charge in [0, 0.05) is 13.1 Å². The fraction of sp³-hybridized carbons (Fsp3) is 0.467. The van der Waals surface area contributed by atoms with Crippen molar-refractivity contribution in [2.24, 2.45) is 0 Å². The summed E-state index contributed by atoms with van der Waals surface area (Å²) in [5, 5.41) is 57.4. The summed E-state index contributed by atoms with van der Waals surface area (Å²) in [6.07, 6.45) is -3.64. The minimum absolute atomic E-state index is 0.0282. The standard InChI is InChI=1S/C15H19NO8/c1-16(6-2-11(19)13(21)12(20)3-6)14(22)7-4-10(18)8(15(23)24)5-9(7)17/h4-6,11-13,17-21H,2-3H2,1H3,(H,23,24). The van der Waals surface area contributed by atoms with Gasteiger partial charge in [-0.05, 0) is 25.0 Å². The van der Waals surface area contributed by atoms with Gasteiger partial charge in [0.2, 0.25) is 0 Å². The molecule has 24 heavy (non-hydrogen) atoms. The number of hydrogen-bond donors (Lipinski definition) is 6. The first-order valence-electron chi connectivity index (χ1n) is 7.24. The lowest BCUT2D eigenvalue weighted by molar-refractivity contribution is -0.101. The van der Waals surface area contributed by atoms with Crippen LogP contribution in [0, 0.1) is 0 Å². The van der Waals surface area contributed by atoms with Crippen LogP contribution in [0.25, 0.3) is 0 Å². The maximum Gasteiger partial charge on any atom is 0.339 e. The third-order valence-electron chi connectivity index (χ3n) is 4.26. The van der Waals surface area contributed by atoms with Gasteiger partial charge >= 0.3 is 5.97 Å². The van der Waals surface area contributed by atoms with E-state index in [1.807, 2.05) is 0 Å². The van der Waals surface area contributed by atoms with E-state index >= 15 is 0 Å². The van der Waals surface area contributed by atoms with Gasteiger partial charge in [-0.15, -0.1) is 0 Å². The Bertz CT molecular complexity index is 649. The number of carboxylic acid groups (broad SMARTS) is 1. The second kappa shape index (κ2) is 6.63. The van der Waals surface area contributed by atoms with Crippen molar-refractivity contribution in [1.29, 1.82) is 0 Å². The number of aliphatic hydroxyl groups excluding tert-OH is 3. The molecule has 0 aliphatic heterocycles. The number of amides is 1. The summed E-state index contributed by atoms with van der Waals surface area (Å²) < 4.78 is 0. The van der Waals surface area contributed by atoms with Crippen molar-refractivity contribution >= 4 is 11.9 Å². The number of phenolic OH excluding ortho intramolecular Hbond substituents is 1. The molecule has 2 rings (SSSR count). The van der Waals surface area contributed by atoms with Crippen molar-refractivity contribution in [3.63, 3.8) is 0 Å². The van der Waals surface area contributed by atoms with E-state index in [1.165, 1.54) is 7.05 Å². The number of nitrogens with zero attached hydrogens (tertiary/aromatic N) is 1. The first kappa shape index (κ1) is 18.0. The maximum absolute atomic E-state index is 12.5. The zero-order valence-electron chi connectivity index (χ0n) is 12.8. The smallest absolute Gasteiger partial charge is 0.339 e. The maximum atomic E-state index is 12.5. The predicted molar refractivity (Wildman–Crippen MR) is 79.9 cm³/mol. The number of benzene rings is 1. The highest BCUT2D eigenvalue weighted by molar-refractivity contribution is 6.00. The van der Waals surface area contributed by atoms with E-state index < -0.39 is 53.3 Å². The number of aromatic carboxylic acids is 1. The van der Waals surface area contributed by atoms with Crippen molar-refractivity contribution in [3.8, 4) is 11.5 Å². The Hall–Kier alpha value is -2.36. The van der Waals surface area contributed by atoms with Gasteiger partial charge in [-0.2, -0.15) is 0 Å². The minimum atomic E-state index is -1.46. The Labute approximate surface area is 137 Å². The lowest BCUT2D eigenvalue weighted by Gasteiger charge is -2.38. The summed E-state index contributed by atoms with van der Waals surface area (Å²) in [6.45, 7) is 0. The number of carbonyl (C=O) groups is 2. The van der Waals surface area contributed by atoms with Crippen molar-refractivity contribution in [3.05, 3.63) is 23.3 Å². The summed E-state index contributed by atoms with van der Waals surface area (Å²) >= 11 is 0. The lowest BCUT2D eigenvalue weighted by Crippen LogP contribution is -2.52. The van der Waals surface area contributed by atoms with E-state index in [2.05, 4.69) is 0 Å². The molecule has 9 heteroatoms. The second-order valence-corrected chi connectivity index (χ2v) is 5.86. The molecule has 132 valence electrons. The van der Waals surface area contributed by atoms with Gasteiger partial charge in [-0.3, -0.25) is 4.79 Å². The van der Waals surface area contributed by atoms with E-state index in [4.69, 9.17) is 5.11 Å². The van der Waals surface area contributed by atoms with Crippen LogP contribution >= 0.6 is 0 Å². The van der Waals surface area contributed by atoms with Crippen LogP contribution in [0.1, 0.15) is 33.6 Å². The van der Waals surface area contributed by atoms with E-state index in [-0.39, 0.29) is 18.4 Å². The highest BCUT2D eigenvalue weighted by Gasteiger charge is 2.38. The van der Waals surface area contributed by atoms with Crippen molar-refractivity contribution in [2.45, 2.75) is 37.2 Å². The Balaban J connectivity index is 2.25. The number of carboxylic acids is 1. The monoisotopic (exact) mass is 341 g/mol. The molecule has 1 fully saturated rings. The van der Waals surface area contributed by atoms with E-state index in [0.717, 1.165) is 17.0 Å². The summed E-state index contributed by atoms with van der Waals surface area (Å²) in [6, 6.07) is 1.02. The van der Waals surface area contributed by atoms with Crippen molar-refractivity contribution < 1.29 is 40.2 Å². The normalized spacial score (nSPS) is 26.8. The summed E-state index contributed by atoms with van der Waals surface area (Å²) in [4.78, 5) is 24.5. The number of aromatic hydroxyl groups is 2. The Morgan fingerprint density at radius 1 is 1.00 bits per heavy atom. The van der Waals surface area contributed by atoms with Crippen molar-refractivity contribution in [2.75, 3.05) is 7.05 Å². The molecule has 0 bridgehead atoms. The fourth-order valence-electron chi connectivity index (χ4n) is 2.78. The number of hydrogen-bond acceptors (Lipinski definition) is 7. The lowest BCUT2D eigenvalue weighted by atomic mass is 9.87. The molecule has 1 amide bonds. The highest BCUT2D eigenvalue weighted by Crippen LogP contribution is 2.30. The Morgan fingerprint density at radius 3 is 1.96 bits per heavy atom. The first-order chi connectivity index (χ1) is 11.1. The van der Waals surface area contributed by atoms with Crippen molar-refractivity contribution in [1.82, 2.24) is 4.90 Å². The molecule has 1 aromatic rings. The van der Waals surface area contributed by atoms with Gasteiger partial charge in [0.05, 0.1) is 17.8 Å². The van der Waals surface area contributed by atoms with Gasteiger partial charge in [-0.1, -0.05) is 0 Å². The molecule has 0 aromatic heterocycles. The van der Waals surface area contributed by atoms with Gasteiger partial charge in [0.1, 0.15) is 23.2 Å². The molecule has 0 radical (unpaired) electrons.